The first-order chi connectivity index (χ1) is 15.6. The first-order valence-corrected chi connectivity index (χ1v) is 12.2. The molecule has 166 valence electrons. The number of aromatic nitrogens is 2. The highest BCUT2D eigenvalue weighted by Gasteiger charge is 2.21. The second-order valence-corrected chi connectivity index (χ2v) is 9.34. The van der Waals surface area contributed by atoms with Gasteiger partial charge in [0.2, 0.25) is 5.91 Å². The number of carbonyl (C=O) groups excluding carboxylic acids is 1. The van der Waals surface area contributed by atoms with Crippen LogP contribution in [0.3, 0.4) is 0 Å². The van der Waals surface area contributed by atoms with Crippen LogP contribution in [-0.4, -0.2) is 34.7 Å². The number of anilines is 2. The van der Waals surface area contributed by atoms with Gasteiger partial charge in [-0.15, -0.1) is 0 Å². The summed E-state index contributed by atoms with van der Waals surface area (Å²) in [6, 6.07) is 18.7. The Morgan fingerprint density at radius 1 is 1.06 bits per heavy atom. The molecule has 6 heteroatoms. The number of amides is 1. The Balaban J connectivity index is 1.28. The molecule has 0 bridgehead atoms. The normalized spacial score (nSPS) is 14.4. The molecule has 32 heavy (non-hydrogen) atoms. The van der Waals surface area contributed by atoms with Crippen molar-refractivity contribution in [2.75, 3.05) is 29.1 Å². The van der Waals surface area contributed by atoms with Gasteiger partial charge in [-0.3, -0.25) is 4.79 Å². The zero-order valence-corrected chi connectivity index (χ0v) is 19.6. The van der Waals surface area contributed by atoms with Crippen LogP contribution < -0.4 is 10.2 Å². The molecule has 1 aromatic heterocycles. The minimum Gasteiger partial charge on any atom is -0.356 e. The van der Waals surface area contributed by atoms with Gasteiger partial charge in [-0.25, -0.2) is 9.97 Å². The third kappa shape index (κ3) is 5.88. The van der Waals surface area contributed by atoms with Crippen LogP contribution in [-0.2, 0) is 11.2 Å². The molecular weight excluding hydrogens is 416 g/mol. The van der Waals surface area contributed by atoms with E-state index in [2.05, 4.69) is 45.5 Å². The highest BCUT2D eigenvalue weighted by Crippen LogP contribution is 2.26. The Kier molecular flexibility index (Phi) is 7.43. The summed E-state index contributed by atoms with van der Waals surface area (Å²) in [7, 11) is 0. The number of hydrogen-bond donors (Lipinski definition) is 1. The summed E-state index contributed by atoms with van der Waals surface area (Å²) in [5.74, 6) is 1.92. The largest absolute Gasteiger partial charge is 0.356 e. The van der Waals surface area contributed by atoms with Gasteiger partial charge in [0.15, 0.2) is 5.16 Å². The van der Waals surface area contributed by atoms with Gasteiger partial charge in [-0.2, -0.15) is 0 Å². The lowest BCUT2D eigenvalue weighted by Crippen LogP contribution is -2.35. The average Bonchev–Trinajstić information content (AvgIpc) is 2.82. The monoisotopic (exact) mass is 446 g/mol. The van der Waals surface area contributed by atoms with E-state index < -0.39 is 0 Å². The van der Waals surface area contributed by atoms with Gasteiger partial charge < -0.3 is 10.2 Å². The molecular formula is C26H30N4OS. The van der Waals surface area contributed by atoms with Crippen molar-refractivity contribution in [1.29, 1.82) is 0 Å². The molecule has 1 fully saturated rings. The van der Waals surface area contributed by atoms with E-state index in [1.165, 1.54) is 35.7 Å². The van der Waals surface area contributed by atoms with Crippen LogP contribution in [0, 0.1) is 19.8 Å². The van der Waals surface area contributed by atoms with Crippen molar-refractivity contribution < 1.29 is 4.79 Å². The Bertz CT molecular complexity index is 1050. The molecule has 0 radical (unpaired) electrons. The number of nitrogens with one attached hydrogen (secondary N) is 1. The summed E-state index contributed by atoms with van der Waals surface area (Å²) >= 11 is 1.38. The predicted molar refractivity (Wildman–Crippen MR) is 132 cm³/mol. The molecule has 4 rings (SSSR count). The fraction of sp³-hybridized carbons (Fsp3) is 0.346. The number of aryl methyl sites for hydroxylation is 1. The van der Waals surface area contributed by atoms with E-state index in [1.807, 2.05) is 38.1 Å². The van der Waals surface area contributed by atoms with Crippen LogP contribution in [0.25, 0.3) is 0 Å². The van der Waals surface area contributed by atoms with E-state index in [-0.39, 0.29) is 11.7 Å². The number of carbonyl (C=O) groups is 1. The van der Waals surface area contributed by atoms with Crippen LogP contribution in [0.4, 0.5) is 11.5 Å². The maximum atomic E-state index is 12.4. The van der Waals surface area contributed by atoms with Gasteiger partial charge in [0.05, 0.1) is 5.75 Å². The van der Waals surface area contributed by atoms with Crippen LogP contribution in [0.5, 0.6) is 0 Å². The molecule has 1 aliphatic rings. The number of piperidine rings is 1. The summed E-state index contributed by atoms with van der Waals surface area (Å²) in [6.45, 7) is 6.08. The minimum atomic E-state index is -0.0422. The number of nitrogens with zero attached hydrogens (tertiary/aromatic N) is 3. The fourth-order valence-electron chi connectivity index (χ4n) is 4.09. The van der Waals surface area contributed by atoms with Gasteiger partial charge in [0.1, 0.15) is 5.82 Å². The van der Waals surface area contributed by atoms with Crippen LogP contribution in [0.15, 0.2) is 66.0 Å². The standard InChI is InChI=1S/C26H30N4OS/c1-19-7-6-10-23(20(19)2)28-25(31)18-32-26-27-14-11-24(29-26)30-15-12-22(13-16-30)17-21-8-4-3-5-9-21/h3-11,14,22H,12-13,15-18H2,1-2H3,(H,28,31). The zero-order valence-electron chi connectivity index (χ0n) is 18.8. The van der Waals surface area contributed by atoms with E-state index in [4.69, 9.17) is 4.98 Å². The molecule has 0 aliphatic carbocycles. The Hall–Kier alpha value is -2.86. The maximum Gasteiger partial charge on any atom is 0.234 e. The molecule has 1 N–H and O–H groups in total. The molecule has 1 amide bonds. The number of rotatable bonds is 7. The van der Waals surface area contributed by atoms with Gasteiger partial charge in [0.25, 0.3) is 0 Å². The lowest BCUT2D eigenvalue weighted by molar-refractivity contribution is -0.113. The Morgan fingerprint density at radius 3 is 2.62 bits per heavy atom. The first-order valence-electron chi connectivity index (χ1n) is 11.2. The molecule has 1 aliphatic heterocycles. The quantitative estimate of drug-likeness (QED) is 0.395. The molecule has 2 aromatic carbocycles. The Labute approximate surface area is 194 Å². The van der Waals surface area contributed by atoms with E-state index in [1.54, 1.807) is 6.20 Å². The number of hydrogen-bond acceptors (Lipinski definition) is 5. The molecule has 0 unspecified atom stereocenters. The first kappa shape index (κ1) is 22.3. The van der Waals surface area contributed by atoms with Crippen molar-refractivity contribution in [1.82, 2.24) is 9.97 Å². The lowest BCUT2D eigenvalue weighted by atomic mass is 9.90. The molecule has 0 atom stereocenters. The van der Waals surface area contributed by atoms with Gasteiger partial charge >= 0.3 is 0 Å². The molecule has 1 saturated heterocycles. The van der Waals surface area contributed by atoms with E-state index >= 15 is 0 Å². The molecule has 5 nitrogen and oxygen atoms in total. The molecule has 3 aromatic rings. The zero-order chi connectivity index (χ0) is 22.3. The summed E-state index contributed by atoms with van der Waals surface area (Å²) in [5.41, 5.74) is 4.55. The third-order valence-corrected chi connectivity index (χ3v) is 7.00. The van der Waals surface area contributed by atoms with Gasteiger partial charge in [-0.1, -0.05) is 54.2 Å². The minimum absolute atomic E-state index is 0.0422. The van der Waals surface area contributed by atoms with E-state index in [0.717, 1.165) is 42.5 Å². The van der Waals surface area contributed by atoms with Crippen LogP contribution >= 0.6 is 11.8 Å². The lowest BCUT2D eigenvalue weighted by Gasteiger charge is -2.33. The van der Waals surface area contributed by atoms with E-state index in [9.17, 15) is 4.79 Å². The SMILES string of the molecule is Cc1cccc(NC(=O)CSc2nccc(N3CCC(Cc4ccccc4)CC3)n2)c1C. The van der Waals surface area contributed by atoms with Crippen molar-refractivity contribution in [3.63, 3.8) is 0 Å². The van der Waals surface area contributed by atoms with Crippen molar-refractivity contribution in [3.8, 4) is 0 Å². The van der Waals surface area contributed by atoms with Crippen LogP contribution in [0.1, 0.15) is 29.5 Å². The summed E-state index contributed by atoms with van der Waals surface area (Å²) < 4.78 is 0. The third-order valence-electron chi connectivity index (χ3n) is 6.14. The van der Waals surface area contributed by atoms with Crippen molar-refractivity contribution in [2.45, 2.75) is 38.3 Å². The van der Waals surface area contributed by atoms with Crippen molar-refractivity contribution >= 4 is 29.2 Å². The molecule has 0 saturated carbocycles. The second-order valence-electron chi connectivity index (χ2n) is 8.40. The fourth-order valence-corrected chi connectivity index (χ4v) is 4.72. The van der Waals surface area contributed by atoms with E-state index in [0.29, 0.717) is 5.16 Å². The maximum absolute atomic E-state index is 12.4. The number of thioether (sulfide) groups is 1. The summed E-state index contributed by atoms with van der Waals surface area (Å²) in [6.07, 6.45) is 5.28. The highest BCUT2D eigenvalue weighted by molar-refractivity contribution is 7.99. The molecule has 0 spiro atoms. The van der Waals surface area contributed by atoms with Gasteiger partial charge in [0, 0.05) is 25.0 Å². The molecule has 2 heterocycles. The Morgan fingerprint density at radius 2 is 1.84 bits per heavy atom. The summed E-state index contributed by atoms with van der Waals surface area (Å²) in [5, 5.41) is 3.64. The van der Waals surface area contributed by atoms with Crippen molar-refractivity contribution in [3.05, 3.63) is 77.5 Å². The topological polar surface area (TPSA) is 58.1 Å². The van der Waals surface area contributed by atoms with Crippen LogP contribution in [0.2, 0.25) is 0 Å². The second kappa shape index (κ2) is 10.6. The van der Waals surface area contributed by atoms with Gasteiger partial charge in [-0.05, 0) is 67.9 Å². The average molecular weight is 447 g/mol. The predicted octanol–water partition coefficient (Wildman–Crippen LogP) is 5.28. The summed E-state index contributed by atoms with van der Waals surface area (Å²) in [4.78, 5) is 23.8. The van der Waals surface area contributed by atoms with Crippen molar-refractivity contribution in [2.24, 2.45) is 5.92 Å². The smallest absolute Gasteiger partial charge is 0.234 e. The number of benzene rings is 2. The highest BCUT2D eigenvalue weighted by atomic mass is 32.2.